The van der Waals surface area contributed by atoms with Gasteiger partial charge in [-0.05, 0) is 92.7 Å². The lowest BCUT2D eigenvalue weighted by atomic mass is 9.49. The summed E-state index contributed by atoms with van der Waals surface area (Å²) in [5.41, 5.74) is 5.64. The van der Waals surface area contributed by atoms with Crippen molar-refractivity contribution in [3.8, 4) is 0 Å². The van der Waals surface area contributed by atoms with Gasteiger partial charge in [0.2, 0.25) is 5.91 Å². The number of rotatable bonds is 3. The maximum absolute atomic E-state index is 13.0. The molecule has 4 fully saturated rings. The van der Waals surface area contributed by atoms with Gasteiger partial charge in [-0.2, -0.15) is 0 Å². The second kappa shape index (κ2) is 5.62. The number of benzene rings is 1. The van der Waals surface area contributed by atoms with Gasteiger partial charge in [-0.15, -0.1) is 0 Å². The molecule has 1 amide bonds. The molecule has 5 aliphatic carbocycles. The first-order valence-corrected chi connectivity index (χ1v) is 10.9. The van der Waals surface area contributed by atoms with E-state index in [9.17, 15) is 4.79 Å². The van der Waals surface area contributed by atoms with E-state index in [1.54, 1.807) is 0 Å². The number of aromatic nitrogens is 1. The van der Waals surface area contributed by atoms with Crippen LogP contribution in [0.4, 0.5) is 0 Å². The van der Waals surface area contributed by atoms with Gasteiger partial charge in [-0.25, -0.2) is 0 Å². The van der Waals surface area contributed by atoms with E-state index in [1.165, 1.54) is 66.2 Å². The van der Waals surface area contributed by atoms with Crippen molar-refractivity contribution in [2.45, 2.75) is 70.8 Å². The molecule has 1 atom stereocenters. The SMILES string of the molecule is Cc1ccc2[nH]c3c(c2c1)CC(NC(=O)CC12CC4CC(CC(C4)C1)C2)C3. The van der Waals surface area contributed by atoms with Crippen LogP contribution >= 0.6 is 0 Å². The summed E-state index contributed by atoms with van der Waals surface area (Å²) < 4.78 is 0. The number of fused-ring (bicyclic) bond motifs is 3. The third kappa shape index (κ3) is 2.65. The lowest BCUT2D eigenvalue weighted by Crippen LogP contribution is -2.48. The van der Waals surface area contributed by atoms with Gasteiger partial charge in [-0.3, -0.25) is 4.79 Å². The van der Waals surface area contributed by atoms with Crippen LogP contribution in [-0.2, 0) is 17.6 Å². The Morgan fingerprint density at radius 2 is 1.81 bits per heavy atom. The van der Waals surface area contributed by atoms with Crippen molar-refractivity contribution in [2.24, 2.45) is 23.2 Å². The lowest BCUT2D eigenvalue weighted by molar-refractivity contribution is -0.130. The van der Waals surface area contributed by atoms with E-state index in [1.807, 2.05) is 0 Å². The second-order valence-corrected chi connectivity index (χ2v) is 10.4. The molecule has 1 aromatic heterocycles. The quantitative estimate of drug-likeness (QED) is 0.819. The van der Waals surface area contributed by atoms with Crippen molar-refractivity contribution >= 4 is 16.8 Å². The van der Waals surface area contributed by atoms with E-state index >= 15 is 0 Å². The third-order valence-corrected chi connectivity index (χ3v) is 8.12. The highest BCUT2D eigenvalue weighted by atomic mass is 16.1. The van der Waals surface area contributed by atoms with Gasteiger partial charge in [0.05, 0.1) is 0 Å². The number of amides is 1. The van der Waals surface area contributed by atoms with Crippen LogP contribution in [0.5, 0.6) is 0 Å². The van der Waals surface area contributed by atoms with Crippen molar-refractivity contribution < 1.29 is 4.79 Å². The molecule has 4 saturated carbocycles. The van der Waals surface area contributed by atoms with Crippen LogP contribution in [0.1, 0.15) is 61.8 Å². The molecule has 142 valence electrons. The molecule has 27 heavy (non-hydrogen) atoms. The Bertz CT molecular complexity index is 889. The van der Waals surface area contributed by atoms with E-state index in [4.69, 9.17) is 0 Å². The molecular weight excluding hydrogens is 332 g/mol. The summed E-state index contributed by atoms with van der Waals surface area (Å²) in [6.45, 7) is 2.15. The van der Waals surface area contributed by atoms with Gasteiger partial charge in [-0.1, -0.05) is 11.6 Å². The smallest absolute Gasteiger partial charge is 0.220 e. The summed E-state index contributed by atoms with van der Waals surface area (Å²) >= 11 is 0. The van der Waals surface area contributed by atoms with Crippen LogP contribution in [0.25, 0.3) is 10.9 Å². The molecule has 1 heterocycles. The Hall–Kier alpha value is -1.77. The molecule has 5 aliphatic rings. The zero-order valence-electron chi connectivity index (χ0n) is 16.3. The Morgan fingerprint density at radius 3 is 2.52 bits per heavy atom. The van der Waals surface area contributed by atoms with Crippen LogP contribution in [0, 0.1) is 30.1 Å². The van der Waals surface area contributed by atoms with E-state index in [0.29, 0.717) is 11.3 Å². The van der Waals surface area contributed by atoms with Crippen molar-refractivity contribution in [3.63, 3.8) is 0 Å². The number of aryl methyl sites for hydroxylation is 1. The average molecular weight is 363 g/mol. The van der Waals surface area contributed by atoms with E-state index in [2.05, 4.69) is 35.4 Å². The van der Waals surface area contributed by atoms with Crippen LogP contribution in [0.15, 0.2) is 18.2 Å². The third-order valence-electron chi connectivity index (χ3n) is 8.12. The summed E-state index contributed by atoms with van der Waals surface area (Å²) in [4.78, 5) is 16.5. The van der Waals surface area contributed by atoms with Gasteiger partial charge >= 0.3 is 0 Å². The largest absolute Gasteiger partial charge is 0.358 e. The number of carbonyl (C=O) groups is 1. The van der Waals surface area contributed by atoms with Crippen LogP contribution in [0.2, 0.25) is 0 Å². The highest BCUT2D eigenvalue weighted by molar-refractivity contribution is 5.86. The summed E-state index contributed by atoms with van der Waals surface area (Å²) in [6.07, 6.45) is 11.0. The monoisotopic (exact) mass is 362 g/mol. The second-order valence-electron chi connectivity index (χ2n) is 10.4. The number of hydrogen-bond acceptors (Lipinski definition) is 1. The normalized spacial score (nSPS) is 36.3. The van der Waals surface area contributed by atoms with Crippen molar-refractivity contribution in [2.75, 3.05) is 0 Å². The van der Waals surface area contributed by atoms with Gasteiger partial charge in [0.1, 0.15) is 0 Å². The summed E-state index contributed by atoms with van der Waals surface area (Å²) in [5, 5.41) is 4.76. The number of H-pyrrole nitrogens is 1. The minimum Gasteiger partial charge on any atom is -0.358 e. The first kappa shape index (κ1) is 16.2. The Morgan fingerprint density at radius 1 is 1.11 bits per heavy atom. The number of aromatic amines is 1. The van der Waals surface area contributed by atoms with Gasteiger partial charge in [0.25, 0.3) is 0 Å². The fraction of sp³-hybridized carbons (Fsp3) is 0.625. The van der Waals surface area contributed by atoms with Crippen molar-refractivity contribution in [3.05, 3.63) is 35.0 Å². The average Bonchev–Trinajstić information content (AvgIpc) is 3.10. The topological polar surface area (TPSA) is 44.9 Å². The van der Waals surface area contributed by atoms with E-state index in [0.717, 1.165) is 37.0 Å². The van der Waals surface area contributed by atoms with Crippen LogP contribution < -0.4 is 5.32 Å². The minimum absolute atomic E-state index is 0.276. The molecule has 0 radical (unpaired) electrons. The van der Waals surface area contributed by atoms with Crippen molar-refractivity contribution in [1.82, 2.24) is 10.3 Å². The first-order valence-electron chi connectivity index (χ1n) is 10.9. The standard InChI is InChI=1S/C24H30N2O/c1-14-2-3-21-19(4-14)20-8-18(9-22(20)26-21)25-23(27)13-24-10-15-5-16(11-24)7-17(6-15)12-24/h2-4,15-18,26H,5-13H2,1H3,(H,25,27). The Balaban J connectivity index is 1.14. The lowest BCUT2D eigenvalue weighted by Gasteiger charge is -2.56. The predicted molar refractivity (Wildman–Crippen MR) is 108 cm³/mol. The highest BCUT2D eigenvalue weighted by Crippen LogP contribution is 2.61. The van der Waals surface area contributed by atoms with Gasteiger partial charge in [0.15, 0.2) is 0 Å². The highest BCUT2D eigenvalue weighted by Gasteiger charge is 2.51. The molecule has 1 aromatic carbocycles. The zero-order valence-corrected chi connectivity index (χ0v) is 16.3. The Kier molecular flexibility index (Phi) is 3.37. The molecule has 3 heteroatoms. The van der Waals surface area contributed by atoms with E-state index in [-0.39, 0.29) is 6.04 Å². The maximum Gasteiger partial charge on any atom is 0.220 e. The minimum atomic E-state index is 0.276. The summed E-state index contributed by atoms with van der Waals surface area (Å²) in [7, 11) is 0. The molecule has 4 bridgehead atoms. The summed E-state index contributed by atoms with van der Waals surface area (Å²) in [5.74, 6) is 3.08. The molecule has 7 rings (SSSR count). The summed E-state index contributed by atoms with van der Waals surface area (Å²) in [6, 6.07) is 6.91. The molecule has 0 aliphatic heterocycles. The van der Waals surface area contributed by atoms with E-state index < -0.39 is 0 Å². The number of hydrogen-bond donors (Lipinski definition) is 2. The van der Waals surface area contributed by atoms with Crippen molar-refractivity contribution in [1.29, 1.82) is 0 Å². The predicted octanol–water partition coefficient (Wildman–Crippen LogP) is 4.67. The molecule has 2 N–H and O–H groups in total. The van der Waals surface area contributed by atoms with Crippen LogP contribution in [0.3, 0.4) is 0 Å². The first-order chi connectivity index (χ1) is 13.1. The molecule has 2 aromatic rings. The fourth-order valence-corrected chi connectivity index (χ4v) is 7.62. The molecule has 0 saturated heterocycles. The van der Waals surface area contributed by atoms with Gasteiger partial charge in [0, 0.05) is 35.5 Å². The Labute approximate surface area is 161 Å². The number of nitrogens with one attached hydrogen (secondary N) is 2. The van der Waals surface area contributed by atoms with Gasteiger partial charge < -0.3 is 10.3 Å². The number of carbonyl (C=O) groups excluding carboxylic acids is 1. The molecule has 0 spiro atoms. The van der Waals surface area contributed by atoms with Crippen LogP contribution in [-0.4, -0.2) is 16.9 Å². The maximum atomic E-state index is 13.0. The molecule has 1 unspecified atom stereocenters. The fourth-order valence-electron chi connectivity index (χ4n) is 7.62. The molecule has 3 nitrogen and oxygen atoms in total. The zero-order chi connectivity index (χ0) is 18.2. The molecular formula is C24H30N2O.